The Balaban J connectivity index is 2.10. The van der Waals surface area contributed by atoms with Crippen LogP contribution in [0.5, 0.6) is 0 Å². The molecule has 1 aromatic carbocycles. The monoisotopic (exact) mass is 310 g/mol. The van der Waals surface area contributed by atoms with Gasteiger partial charge in [-0.25, -0.2) is 13.1 Å². The predicted molar refractivity (Wildman–Crippen MR) is 85.6 cm³/mol. The Morgan fingerprint density at radius 2 is 1.95 bits per heavy atom. The lowest BCUT2D eigenvalue weighted by atomic mass is 10.0. The number of benzene rings is 1. The highest BCUT2D eigenvalue weighted by Gasteiger charge is 2.33. The molecular weight excluding hydrogens is 284 g/mol. The molecule has 118 valence electrons. The van der Waals surface area contributed by atoms with Gasteiger partial charge in [-0.3, -0.25) is 0 Å². The molecule has 21 heavy (non-hydrogen) atoms. The third kappa shape index (κ3) is 4.53. The van der Waals surface area contributed by atoms with Crippen molar-refractivity contribution in [3.8, 4) is 0 Å². The minimum atomic E-state index is -3.43. The Morgan fingerprint density at radius 1 is 1.24 bits per heavy atom. The average Bonchev–Trinajstić information content (AvgIpc) is 2.85. The fourth-order valence-corrected chi connectivity index (χ4v) is 4.41. The first-order chi connectivity index (χ1) is 9.95. The zero-order valence-corrected chi connectivity index (χ0v) is 13.8. The number of hydrogen-bond donors (Lipinski definition) is 2. The summed E-state index contributed by atoms with van der Waals surface area (Å²) >= 11 is 0. The van der Waals surface area contributed by atoms with Gasteiger partial charge < -0.3 is 5.32 Å². The zero-order chi connectivity index (χ0) is 15.3. The summed E-state index contributed by atoms with van der Waals surface area (Å²) in [6.45, 7) is 5.76. The molecule has 0 unspecified atom stereocenters. The van der Waals surface area contributed by atoms with E-state index >= 15 is 0 Å². The first kappa shape index (κ1) is 16.5. The van der Waals surface area contributed by atoms with Crippen molar-refractivity contribution in [2.45, 2.75) is 62.9 Å². The van der Waals surface area contributed by atoms with Gasteiger partial charge in [-0.2, -0.15) is 0 Å². The van der Waals surface area contributed by atoms with Gasteiger partial charge in [-0.15, -0.1) is 0 Å². The second kappa shape index (κ2) is 6.90. The van der Waals surface area contributed by atoms with Crippen molar-refractivity contribution in [3.63, 3.8) is 0 Å². The summed E-state index contributed by atoms with van der Waals surface area (Å²) in [7, 11) is -3.43. The third-order valence-electron chi connectivity index (χ3n) is 4.05. The summed E-state index contributed by atoms with van der Waals surface area (Å²) in [6.07, 6.45) is 5.10. The molecule has 0 aromatic heterocycles. The number of sulfonamides is 1. The van der Waals surface area contributed by atoms with E-state index in [9.17, 15) is 8.42 Å². The van der Waals surface area contributed by atoms with E-state index < -0.39 is 10.0 Å². The Bertz CT molecular complexity index is 563. The fraction of sp³-hybridized carbons (Fsp3) is 0.625. The van der Waals surface area contributed by atoms with E-state index in [1.165, 1.54) is 0 Å². The summed E-state index contributed by atoms with van der Waals surface area (Å²) in [5.41, 5.74) is 0.720. The standard InChI is InChI=1S/C16H26N2O2S/c1-3-11-17-13-14-7-6-8-15(12-14)21(19,20)18-16(2)9-4-5-10-16/h6-8,12,17-18H,3-5,9-11,13H2,1-2H3. The van der Waals surface area contributed by atoms with Crippen molar-refractivity contribution in [1.29, 1.82) is 0 Å². The van der Waals surface area contributed by atoms with Crippen LogP contribution in [-0.2, 0) is 16.6 Å². The summed E-state index contributed by atoms with van der Waals surface area (Å²) in [4.78, 5) is 0.367. The molecule has 0 atom stereocenters. The SMILES string of the molecule is CCCNCc1cccc(S(=O)(=O)NC2(C)CCCC2)c1. The van der Waals surface area contributed by atoms with Crippen molar-refractivity contribution in [1.82, 2.24) is 10.0 Å². The van der Waals surface area contributed by atoms with Crippen LogP contribution in [0.1, 0.15) is 51.5 Å². The van der Waals surface area contributed by atoms with Crippen LogP contribution in [0.3, 0.4) is 0 Å². The summed E-state index contributed by atoms with van der Waals surface area (Å²) in [5.74, 6) is 0. The van der Waals surface area contributed by atoms with Gasteiger partial charge in [0.25, 0.3) is 0 Å². The molecule has 0 heterocycles. The molecule has 0 aliphatic heterocycles. The van der Waals surface area contributed by atoms with Crippen LogP contribution < -0.4 is 10.0 Å². The molecule has 1 fully saturated rings. The maximum Gasteiger partial charge on any atom is 0.241 e. The van der Waals surface area contributed by atoms with Crippen LogP contribution in [0.2, 0.25) is 0 Å². The van der Waals surface area contributed by atoms with Crippen LogP contribution >= 0.6 is 0 Å². The number of rotatable bonds is 7. The van der Waals surface area contributed by atoms with Crippen molar-refractivity contribution < 1.29 is 8.42 Å². The molecule has 1 aromatic rings. The first-order valence-corrected chi connectivity index (χ1v) is 9.27. The zero-order valence-electron chi connectivity index (χ0n) is 13.0. The molecular formula is C16H26N2O2S. The number of hydrogen-bond acceptors (Lipinski definition) is 3. The maximum absolute atomic E-state index is 12.5. The summed E-state index contributed by atoms with van der Waals surface area (Å²) in [5, 5.41) is 3.30. The smallest absolute Gasteiger partial charge is 0.241 e. The van der Waals surface area contributed by atoms with Gasteiger partial charge in [0.15, 0.2) is 0 Å². The molecule has 0 amide bonds. The highest BCUT2D eigenvalue weighted by molar-refractivity contribution is 7.89. The highest BCUT2D eigenvalue weighted by atomic mass is 32.2. The molecule has 0 spiro atoms. The molecule has 0 bridgehead atoms. The Hall–Kier alpha value is -0.910. The van der Waals surface area contributed by atoms with Crippen LogP contribution in [0.15, 0.2) is 29.2 Å². The van der Waals surface area contributed by atoms with E-state index in [1.807, 2.05) is 19.1 Å². The topological polar surface area (TPSA) is 58.2 Å². The molecule has 5 heteroatoms. The van der Waals surface area contributed by atoms with Gasteiger partial charge in [0.2, 0.25) is 10.0 Å². The molecule has 1 aliphatic rings. The lowest BCUT2D eigenvalue weighted by molar-refractivity contribution is 0.427. The Kier molecular flexibility index (Phi) is 5.41. The quantitative estimate of drug-likeness (QED) is 0.761. The molecule has 0 radical (unpaired) electrons. The maximum atomic E-state index is 12.5. The van der Waals surface area contributed by atoms with Crippen molar-refractivity contribution in [2.24, 2.45) is 0 Å². The van der Waals surface area contributed by atoms with E-state index in [4.69, 9.17) is 0 Å². The van der Waals surface area contributed by atoms with E-state index in [1.54, 1.807) is 12.1 Å². The van der Waals surface area contributed by atoms with Gasteiger partial charge in [-0.05, 0) is 50.4 Å². The van der Waals surface area contributed by atoms with E-state index in [0.717, 1.165) is 44.2 Å². The molecule has 4 nitrogen and oxygen atoms in total. The molecule has 1 saturated carbocycles. The van der Waals surface area contributed by atoms with Gasteiger partial charge in [-0.1, -0.05) is 31.9 Å². The fourth-order valence-electron chi connectivity index (χ4n) is 2.87. The molecule has 0 saturated heterocycles. The lowest BCUT2D eigenvalue weighted by Gasteiger charge is -2.25. The van der Waals surface area contributed by atoms with Gasteiger partial charge in [0.05, 0.1) is 4.90 Å². The third-order valence-corrected chi connectivity index (χ3v) is 5.69. The van der Waals surface area contributed by atoms with Crippen molar-refractivity contribution in [2.75, 3.05) is 6.54 Å². The molecule has 1 aliphatic carbocycles. The van der Waals surface area contributed by atoms with Crippen LogP contribution in [-0.4, -0.2) is 20.5 Å². The normalized spacial score (nSPS) is 18.0. The summed E-state index contributed by atoms with van der Waals surface area (Å²) in [6, 6.07) is 7.21. The van der Waals surface area contributed by atoms with Crippen molar-refractivity contribution >= 4 is 10.0 Å². The Labute approximate surface area is 128 Å². The minimum absolute atomic E-state index is 0.282. The van der Waals surface area contributed by atoms with E-state index in [0.29, 0.717) is 11.4 Å². The lowest BCUT2D eigenvalue weighted by Crippen LogP contribution is -2.43. The van der Waals surface area contributed by atoms with E-state index in [2.05, 4.69) is 17.0 Å². The van der Waals surface area contributed by atoms with Gasteiger partial charge in [0, 0.05) is 12.1 Å². The van der Waals surface area contributed by atoms with Crippen molar-refractivity contribution in [3.05, 3.63) is 29.8 Å². The predicted octanol–water partition coefficient (Wildman–Crippen LogP) is 2.80. The average molecular weight is 310 g/mol. The highest BCUT2D eigenvalue weighted by Crippen LogP contribution is 2.30. The number of nitrogens with one attached hydrogen (secondary N) is 2. The van der Waals surface area contributed by atoms with Crippen LogP contribution in [0.4, 0.5) is 0 Å². The van der Waals surface area contributed by atoms with Crippen LogP contribution in [0.25, 0.3) is 0 Å². The second-order valence-electron chi connectivity index (χ2n) is 6.20. The second-order valence-corrected chi connectivity index (χ2v) is 7.88. The van der Waals surface area contributed by atoms with Crippen LogP contribution in [0, 0.1) is 0 Å². The Morgan fingerprint density at radius 3 is 2.62 bits per heavy atom. The molecule has 2 rings (SSSR count). The summed E-state index contributed by atoms with van der Waals surface area (Å²) < 4.78 is 28.0. The van der Waals surface area contributed by atoms with Gasteiger partial charge >= 0.3 is 0 Å². The largest absolute Gasteiger partial charge is 0.313 e. The first-order valence-electron chi connectivity index (χ1n) is 7.79. The molecule has 2 N–H and O–H groups in total. The minimum Gasteiger partial charge on any atom is -0.313 e. The van der Waals surface area contributed by atoms with E-state index in [-0.39, 0.29) is 5.54 Å². The van der Waals surface area contributed by atoms with Gasteiger partial charge in [0.1, 0.15) is 0 Å².